The molecule has 1 aromatic heterocycles. The van der Waals surface area contributed by atoms with Crippen LogP contribution in [0.1, 0.15) is 76.2 Å². The molecule has 0 aliphatic rings. The van der Waals surface area contributed by atoms with E-state index in [1.54, 1.807) is 0 Å². The normalized spacial score (nSPS) is 10.7. The van der Waals surface area contributed by atoms with E-state index in [2.05, 4.69) is 31.1 Å². The molecule has 0 bridgehead atoms. The van der Waals surface area contributed by atoms with Crippen molar-refractivity contribution in [2.24, 2.45) is 0 Å². The molecule has 1 aromatic rings. The van der Waals surface area contributed by atoms with Gasteiger partial charge in [-0.15, -0.1) is 0 Å². The minimum Gasteiger partial charge on any atom is -0.506 e. The summed E-state index contributed by atoms with van der Waals surface area (Å²) in [5.41, 5.74) is 2.68. The number of nitrogens with zero attached hydrogens (tertiary/aromatic N) is 1. The zero-order valence-corrected chi connectivity index (χ0v) is 14.6. The van der Waals surface area contributed by atoms with Gasteiger partial charge in [-0.1, -0.05) is 40.0 Å². The fourth-order valence-electron chi connectivity index (χ4n) is 2.63. The molecule has 0 radical (unpaired) electrons. The number of carboxylic acid groups (broad SMARTS) is 1. The summed E-state index contributed by atoms with van der Waals surface area (Å²) in [4.78, 5) is 15.8. The summed E-state index contributed by atoms with van der Waals surface area (Å²) < 4.78 is 0. The van der Waals surface area contributed by atoms with Crippen LogP contribution in [-0.4, -0.2) is 21.3 Å². The molecular weight excluding hydrogens is 292 g/mol. The second-order valence-corrected chi connectivity index (χ2v) is 5.95. The molecule has 0 spiro atoms. The number of nitrogens with one attached hydrogen (secondary N) is 1. The first-order chi connectivity index (χ1) is 11.0. The van der Waals surface area contributed by atoms with Crippen LogP contribution < -0.4 is 5.32 Å². The molecular formula is C18H30N2O3. The number of aromatic hydroxyl groups is 1. The van der Waals surface area contributed by atoms with Crippen LogP contribution in [0.4, 0.5) is 10.5 Å². The predicted molar refractivity (Wildman–Crippen MR) is 93.4 cm³/mol. The maximum atomic E-state index is 11.2. The van der Waals surface area contributed by atoms with E-state index in [9.17, 15) is 9.90 Å². The number of carbonyl (C=O) groups is 1. The highest BCUT2D eigenvalue weighted by molar-refractivity contribution is 5.86. The lowest BCUT2D eigenvalue weighted by molar-refractivity contribution is 0.209. The molecule has 0 aromatic carbocycles. The SMILES string of the molecule is CCCCc1nc(CCCC)c(NC(=O)O)c(CCCC)c1O. The van der Waals surface area contributed by atoms with Gasteiger partial charge in [0.05, 0.1) is 17.1 Å². The highest BCUT2D eigenvalue weighted by Crippen LogP contribution is 2.34. The fourth-order valence-corrected chi connectivity index (χ4v) is 2.63. The smallest absolute Gasteiger partial charge is 0.409 e. The van der Waals surface area contributed by atoms with Crippen LogP contribution in [0.2, 0.25) is 0 Å². The molecule has 3 N–H and O–H groups in total. The van der Waals surface area contributed by atoms with Gasteiger partial charge in [0.25, 0.3) is 0 Å². The van der Waals surface area contributed by atoms with Gasteiger partial charge in [-0.25, -0.2) is 4.79 Å². The summed E-state index contributed by atoms with van der Waals surface area (Å²) in [6.07, 6.45) is 6.88. The van der Waals surface area contributed by atoms with E-state index in [-0.39, 0.29) is 5.75 Å². The molecule has 0 unspecified atom stereocenters. The molecule has 0 fully saturated rings. The summed E-state index contributed by atoms with van der Waals surface area (Å²) in [6, 6.07) is 0. The molecule has 1 amide bonds. The Hall–Kier alpha value is -1.78. The van der Waals surface area contributed by atoms with Crippen LogP contribution in [0.3, 0.4) is 0 Å². The summed E-state index contributed by atoms with van der Waals surface area (Å²) in [7, 11) is 0. The number of aryl methyl sites for hydroxylation is 2. The number of hydrogen-bond acceptors (Lipinski definition) is 3. The van der Waals surface area contributed by atoms with E-state index in [0.717, 1.165) is 57.1 Å². The standard InChI is InChI=1S/C18H30N2O3/c1-4-7-10-13-16(20-18(22)23)14(11-8-5-2)19-15(17(13)21)12-9-6-3/h20-21H,4-12H2,1-3H3,(H,22,23). The number of hydrogen-bond donors (Lipinski definition) is 3. The lowest BCUT2D eigenvalue weighted by Gasteiger charge is -2.18. The Morgan fingerprint density at radius 2 is 1.48 bits per heavy atom. The van der Waals surface area contributed by atoms with Crippen molar-refractivity contribution in [1.29, 1.82) is 0 Å². The molecule has 0 saturated carbocycles. The molecule has 1 heterocycles. The van der Waals surface area contributed by atoms with E-state index in [4.69, 9.17) is 5.11 Å². The lowest BCUT2D eigenvalue weighted by Crippen LogP contribution is -2.15. The first-order valence-corrected chi connectivity index (χ1v) is 8.78. The minimum atomic E-state index is -1.11. The number of anilines is 1. The fraction of sp³-hybridized carbons (Fsp3) is 0.667. The van der Waals surface area contributed by atoms with Gasteiger partial charge in [0.15, 0.2) is 0 Å². The molecule has 0 saturated heterocycles. The molecule has 0 atom stereocenters. The molecule has 0 aliphatic heterocycles. The maximum Gasteiger partial charge on any atom is 0.409 e. The second kappa shape index (κ2) is 10.1. The molecule has 1 rings (SSSR count). The first-order valence-electron chi connectivity index (χ1n) is 8.78. The van der Waals surface area contributed by atoms with Gasteiger partial charge in [0, 0.05) is 5.56 Å². The number of pyridine rings is 1. The van der Waals surface area contributed by atoms with Gasteiger partial charge in [-0.2, -0.15) is 0 Å². The third-order valence-corrected chi connectivity index (χ3v) is 3.97. The second-order valence-electron chi connectivity index (χ2n) is 5.95. The predicted octanol–water partition coefficient (Wildman–Crippen LogP) is 4.90. The van der Waals surface area contributed by atoms with Crippen molar-refractivity contribution in [3.63, 3.8) is 0 Å². The first kappa shape index (κ1) is 19.3. The van der Waals surface area contributed by atoms with E-state index in [0.29, 0.717) is 23.4 Å². The largest absolute Gasteiger partial charge is 0.506 e. The topological polar surface area (TPSA) is 82.5 Å². The number of aromatic nitrogens is 1. The Morgan fingerprint density at radius 1 is 0.957 bits per heavy atom. The Kier molecular flexibility index (Phi) is 8.45. The van der Waals surface area contributed by atoms with E-state index >= 15 is 0 Å². The Bertz CT molecular complexity index is 515. The van der Waals surface area contributed by atoms with Crippen LogP contribution in [-0.2, 0) is 19.3 Å². The van der Waals surface area contributed by atoms with Crippen molar-refractivity contribution >= 4 is 11.8 Å². The third-order valence-electron chi connectivity index (χ3n) is 3.97. The Balaban J connectivity index is 3.33. The quantitative estimate of drug-likeness (QED) is 0.572. The van der Waals surface area contributed by atoms with E-state index < -0.39 is 6.09 Å². The van der Waals surface area contributed by atoms with Gasteiger partial charge < -0.3 is 10.2 Å². The molecule has 23 heavy (non-hydrogen) atoms. The zero-order valence-electron chi connectivity index (χ0n) is 14.6. The van der Waals surface area contributed by atoms with Crippen molar-refractivity contribution < 1.29 is 15.0 Å². The lowest BCUT2D eigenvalue weighted by atomic mass is 9.99. The van der Waals surface area contributed by atoms with Gasteiger partial charge in [-0.05, 0) is 38.5 Å². The van der Waals surface area contributed by atoms with Crippen LogP contribution in [0.15, 0.2) is 0 Å². The number of rotatable bonds is 10. The van der Waals surface area contributed by atoms with Crippen LogP contribution >= 0.6 is 0 Å². The van der Waals surface area contributed by atoms with Crippen LogP contribution in [0, 0.1) is 0 Å². The molecule has 0 aliphatic carbocycles. The van der Waals surface area contributed by atoms with Gasteiger partial charge in [0.2, 0.25) is 0 Å². The van der Waals surface area contributed by atoms with Crippen molar-refractivity contribution in [2.45, 2.75) is 78.6 Å². The molecule has 5 nitrogen and oxygen atoms in total. The van der Waals surface area contributed by atoms with E-state index in [1.165, 1.54) is 0 Å². The average Bonchev–Trinajstić information content (AvgIpc) is 2.52. The summed E-state index contributed by atoms with van der Waals surface area (Å²) >= 11 is 0. The highest BCUT2D eigenvalue weighted by Gasteiger charge is 2.20. The third kappa shape index (κ3) is 5.73. The number of amides is 1. The summed E-state index contributed by atoms with van der Waals surface area (Å²) in [5.74, 6) is 0.177. The Labute approximate surface area is 139 Å². The van der Waals surface area contributed by atoms with Crippen molar-refractivity contribution in [1.82, 2.24) is 4.98 Å². The van der Waals surface area contributed by atoms with Crippen LogP contribution in [0.25, 0.3) is 0 Å². The van der Waals surface area contributed by atoms with Crippen molar-refractivity contribution in [3.05, 3.63) is 17.0 Å². The van der Waals surface area contributed by atoms with Crippen molar-refractivity contribution in [2.75, 3.05) is 5.32 Å². The zero-order chi connectivity index (χ0) is 17.2. The highest BCUT2D eigenvalue weighted by atomic mass is 16.4. The van der Waals surface area contributed by atoms with E-state index in [1.807, 2.05) is 0 Å². The number of unbranched alkanes of at least 4 members (excludes halogenated alkanes) is 3. The summed E-state index contributed by atoms with van der Waals surface area (Å²) in [6.45, 7) is 6.28. The maximum absolute atomic E-state index is 11.2. The van der Waals surface area contributed by atoms with Gasteiger partial charge >= 0.3 is 6.09 Å². The minimum absolute atomic E-state index is 0.177. The van der Waals surface area contributed by atoms with Crippen molar-refractivity contribution in [3.8, 4) is 5.75 Å². The molecule has 130 valence electrons. The monoisotopic (exact) mass is 322 g/mol. The average molecular weight is 322 g/mol. The van der Waals surface area contributed by atoms with Crippen LogP contribution in [0.5, 0.6) is 5.75 Å². The van der Waals surface area contributed by atoms with Gasteiger partial charge in [-0.3, -0.25) is 10.3 Å². The Morgan fingerprint density at radius 3 is 2.00 bits per heavy atom. The molecule has 5 heteroatoms. The van der Waals surface area contributed by atoms with Gasteiger partial charge in [0.1, 0.15) is 5.75 Å². The summed E-state index contributed by atoms with van der Waals surface area (Å²) in [5, 5.41) is 22.2.